The summed E-state index contributed by atoms with van der Waals surface area (Å²) in [6.07, 6.45) is -4.55. The molecule has 2 N–H and O–H groups in total. The van der Waals surface area contributed by atoms with Gasteiger partial charge in [0.25, 0.3) is 11.8 Å². The highest BCUT2D eigenvalue weighted by Crippen LogP contribution is 2.19. The van der Waals surface area contributed by atoms with E-state index in [0.717, 1.165) is 5.56 Å². The second kappa shape index (κ2) is 13.7. The molecule has 0 fully saturated rings. The number of nitrogens with zero attached hydrogens (tertiary/aromatic N) is 3. The minimum Gasteiger partial charge on any atom is -0.435 e. The highest BCUT2D eigenvalue weighted by atomic mass is 19.4. The van der Waals surface area contributed by atoms with E-state index in [1.54, 1.807) is 11.4 Å². The first-order valence-electron chi connectivity index (χ1n) is 12.4. The van der Waals surface area contributed by atoms with Crippen molar-refractivity contribution in [2.45, 2.75) is 32.5 Å². The van der Waals surface area contributed by atoms with Crippen LogP contribution in [0.25, 0.3) is 5.69 Å². The predicted octanol–water partition coefficient (Wildman–Crippen LogP) is 4.81. The van der Waals surface area contributed by atoms with Crippen molar-refractivity contribution < 1.29 is 41.0 Å². The molecule has 0 saturated carbocycles. The van der Waals surface area contributed by atoms with Crippen LogP contribution in [0.2, 0.25) is 0 Å². The quantitative estimate of drug-likeness (QED) is 0.230. The van der Waals surface area contributed by atoms with Crippen LogP contribution in [-0.4, -0.2) is 46.1 Å². The lowest BCUT2D eigenvalue weighted by atomic mass is 10.2. The van der Waals surface area contributed by atoms with Gasteiger partial charge in [-0.2, -0.15) is 22.0 Å². The molecule has 0 saturated heterocycles. The molecule has 0 radical (unpaired) electrons. The van der Waals surface area contributed by atoms with Gasteiger partial charge >= 0.3 is 12.8 Å². The van der Waals surface area contributed by atoms with Crippen LogP contribution >= 0.6 is 0 Å². The Hall–Kier alpha value is -4.85. The van der Waals surface area contributed by atoms with Crippen molar-refractivity contribution in [3.05, 3.63) is 107 Å². The van der Waals surface area contributed by atoms with Gasteiger partial charge in [0.15, 0.2) is 5.69 Å². The zero-order valence-electron chi connectivity index (χ0n) is 21.8. The molecule has 14 heteroatoms. The molecule has 0 spiro atoms. The number of nitrogens with one attached hydrogen (secondary N) is 2. The van der Waals surface area contributed by atoms with Crippen LogP contribution in [0.3, 0.4) is 0 Å². The van der Waals surface area contributed by atoms with Crippen LogP contribution in [0, 0.1) is 0 Å². The average Bonchev–Trinajstić information content (AvgIpc) is 3.38. The van der Waals surface area contributed by atoms with E-state index in [1.807, 2.05) is 30.3 Å². The molecule has 2 amide bonds. The molecule has 0 bridgehead atoms. The third-order valence-electron chi connectivity index (χ3n) is 5.73. The molecule has 0 unspecified atom stereocenters. The summed E-state index contributed by atoms with van der Waals surface area (Å²) in [5.41, 5.74) is 1.91. The normalized spacial score (nSPS) is 11.4. The lowest BCUT2D eigenvalue weighted by Gasteiger charge is -2.11. The van der Waals surface area contributed by atoms with E-state index in [0.29, 0.717) is 11.3 Å². The molecule has 4 rings (SSSR count). The molecule has 42 heavy (non-hydrogen) atoms. The topological polar surface area (TPSA) is 107 Å². The second-order valence-corrected chi connectivity index (χ2v) is 8.83. The summed E-state index contributed by atoms with van der Waals surface area (Å²) in [6.45, 7) is -4.38. The lowest BCUT2D eigenvalue weighted by molar-refractivity contribution is -0.123. The Morgan fingerprint density at radius 2 is 1.57 bits per heavy atom. The molecule has 3 aromatic carbocycles. The third kappa shape index (κ3) is 8.57. The minimum atomic E-state index is -4.55. The average molecular weight is 590 g/mol. The highest BCUT2D eigenvalue weighted by Gasteiger charge is 2.28. The Morgan fingerprint density at radius 1 is 0.857 bits per heavy atom. The molecule has 4 aromatic rings. The van der Waals surface area contributed by atoms with Crippen molar-refractivity contribution >= 4 is 11.8 Å². The van der Waals surface area contributed by atoms with Gasteiger partial charge in [-0.25, -0.2) is 4.68 Å². The summed E-state index contributed by atoms with van der Waals surface area (Å²) < 4.78 is 73.9. The lowest BCUT2D eigenvalue weighted by Crippen LogP contribution is -2.33. The molecule has 220 valence electrons. The predicted molar refractivity (Wildman–Crippen MR) is 139 cm³/mol. The van der Waals surface area contributed by atoms with Crippen LogP contribution in [-0.2, 0) is 24.5 Å². The first-order valence-corrected chi connectivity index (χ1v) is 12.4. The number of alkyl halides is 5. The van der Waals surface area contributed by atoms with Crippen molar-refractivity contribution in [3.63, 3.8) is 0 Å². The van der Waals surface area contributed by atoms with Crippen molar-refractivity contribution in [1.82, 2.24) is 25.6 Å². The van der Waals surface area contributed by atoms with Crippen molar-refractivity contribution in [1.29, 1.82) is 0 Å². The highest BCUT2D eigenvalue weighted by molar-refractivity contribution is 5.94. The Morgan fingerprint density at radius 3 is 2.26 bits per heavy atom. The Kier molecular flexibility index (Phi) is 9.81. The third-order valence-corrected chi connectivity index (χ3v) is 5.73. The minimum absolute atomic E-state index is 0.0130. The van der Waals surface area contributed by atoms with Crippen LogP contribution in [0.15, 0.2) is 78.9 Å². The Labute approximate surface area is 236 Å². The maximum atomic E-state index is 13.1. The summed E-state index contributed by atoms with van der Waals surface area (Å²) in [5.74, 6) is -1.59. The van der Waals surface area contributed by atoms with Crippen molar-refractivity contribution in [3.8, 4) is 11.4 Å². The van der Waals surface area contributed by atoms with Gasteiger partial charge < -0.3 is 20.1 Å². The van der Waals surface area contributed by atoms with E-state index in [2.05, 4.69) is 20.4 Å². The summed E-state index contributed by atoms with van der Waals surface area (Å²) in [7, 11) is 0. The second-order valence-electron chi connectivity index (χ2n) is 8.83. The fourth-order valence-electron chi connectivity index (χ4n) is 3.79. The van der Waals surface area contributed by atoms with E-state index in [-0.39, 0.29) is 42.5 Å². The molecule has 9 nitrogen and oxygen atoms in total. The van der Waals surface area contributed by atoms with Gasteiger partial charge in [-0.05, 0) is 47.5 Å². The number of rotatable bonds is 12. The number of amides is 2. The number of carbonyl (C=O) groups is 2. The van der Waals surface area contributed by atoms with Crippen LogP contribution < -0.4 is 15.4 Å². The first kappa shape index (κ1) is 30.1. The number of ether oxygens (including phenoxy) is 2. The number of hydrogen-bond acceptors (Lipinski definition) is 6. The number of benzene rings is 3. The van der Waals surface area contributed by atoms with Crippen molar-refractivity contribution in [2.24, 2.45) is 0 Å². The van der Waals surface area contributed by atoms with Crippen LogP contribution in [0.5, 0.6) is 5.75 Å². The zero-order valence-corrected chi connectivity index (χ0v) is 21.8. The smallest absolute Gasteiger partial charge is 0.405 e. The maximum Gasteiger partial charge on any atom is 0.405 e. The summed E-state index contributed by atoms with van der Waals surface area (Å²) >= 11 is 0. The van der Waals surface area contributed by atoms with E-state index >= 15 is 0 Å². The summed E-state index contributed by atoms with van der Waals surface area (Å²) in [6, 6.07) is 20.6. The number of aromatic nitrogens is 3. The fourth-order valence-corrected chi connectivity index (χ4v) is 3.79. The molecule has 0 aliphatic heterocycles. The maximum absolute atomic E-state index is 13.1. The van der Waals surface area contributed by atoms with Gasteiger partial charge in [-0.15, -0.1) is 5.10 Å². The van der Waals surface area contributed by atoms with Gasteiger partial charge in [-0.3, -0.25) is 9.59 Å². The molecule has 0 aliphatic carbocycles. The van der Waals surface area contributed by atoms with E-state index < -0.39 is 31.1 Å². The van der Waals surface area contributed by atoms with Gasteiger partial charge in [-0.1, -0.05) is 47.7 Å². The SMILES string of the molecule is O=C(NCC(F)(F)F)c1ccc(-n2nnc(C(=O)NCc3cccc(OC(F)F)c3)c2COCc2ccccc2)cc1. The van der Waals surface area contributed by atoms with E-state index in [1.165, 1.54) is 47.1 Å². The molecule has 0 aliphatic rings. The monoisotopic (exact) mass is 589 g/mol. The zero-order chi connectivity index (χ0) is 30.1. The largest absolute Gasteiger partial charge is 0.435 e. The number of hydrogen-bond donors (Lipinski definition) is 2. The molecular formula is C28H24F5N5O4. The Balaban J connectivity index is 1.52. The summed E-state index contributed by atoms with van der Waals surface area (Å²) in [4.78, 5) is 25.2. The molecule has 0 atom stereocenters. The first-order chi connectivity index (χ1) is 20.1. The van der Waals surface area contributed by atoms with Crippen LogP contribution in [0.4, 0.5) is 22.0 Å². The van der Waals surface area contributed by atoms with Gasteiger partial charge in [0.05, 0.1) is 18.9 Å². The standard InChI is InChI=1S/C28H24F5N5O4/c29-27(30)42-22-8-4-7-19(13-22)14-34-26(40)24-23(16-41-15-18-5-2-1-3-6-18)38(37-36-24)21-11-9-20(10-12-21)25(39)35-17-28(31,32)33/h1-13,27H,14-17H2,(H,34,40)(H,35,39). The molecule has 1 aromatic heterocycles. The Bertz CT molecular complexity index is 1490. The van der Waals surface area contributed by atoms with E-state index in [9.17, 15) is 31.5 Å². The molecular weight excluding hydrogens is 565 g/mol. The number of halogens is 5. The molecule has 1 heterocycles. The van der Waals surface area contributed by atoms with E-state index in [4.69, 9.17) is 4.74 Å². The van der Waals surface area contributed by atoms with Gasteiger partial charge in [0.2, 0.25) is 0 Å². The van der Waals surface area contributed by atoms with Crippen molar-refractivity contribution in [2.75, 3.05) is 6.54 Å². The van der Waals surface area contributed by atoms with Gasteiger partial charge in [0.1, 0.15) is 18.0 Å². The summed E-state index contributed by atoms with van der Waals surface area (Å²) in [5, 5.41) is 12.5. The fraction of sp³-hybridized carbons (Fsp3) is 0.214. The van der Waals surface area contributed by atoms with Gasteiger partial charge in [0, 0.05) is 12.1 Å². The van der Waals surface area contributed by atoms with Crippen LogP contribution in [0.1, 0.15) is 37.7 Å². The number of carbonyl (C=O) groups excluding carboxylic acids is 2.